The summed E-state index contributed by atoms with van der Waals surface area (Å²) in [5.41, 5.74) is 2.61. The first-order chi connectivity index (χ1) is 15.8. The molecular weight excluding hydrogens is 425 g/mol. The number of hydrogen-bond donors (Lipinski definition) is 2. The van der Waals surface area contributed by atoms with Gasteiger partial charge in [0.05, 0.1) is 0 Å². The van der Waals surface area contributed by atoms with E-state index in [0.29, 0.717) is 17.3 Å². The van der Waals surface area contributed by atoms with Crippen LogP contribution in [0, 0.1) is 0 Å². The van der Waals surface area contributed by atoms with Crippen molar-refractivity contribution in [2.75, 3.05) is 10.6 Å². The van der Waals surface area contributed by atoms with Gasteiger partial charge in [-0.15, -0.1) is 0 Å². The Morgan fingerprint density at radius 2 is 1.67 bits per heavy atom. The fourth-order valence-electron chi connectivity index (χ4n) is 3.56. The smallest absolute Gasteiger partial charge is 0.339 e. The van der Waals surface area contributed by atoms with Crippen LogP contribution in [0.4, 0.5) is 36.3 Å². The summed E-state index contributed by atoms with van der Waals surface area (Å²) in [6.45, 7) is 6.40. The van der Waals surface area contributed by atoms with Crippen molar-refractivity contribution >= 4 is 23.1 Å². The molecule has 2 aromatic carbocycles. The molecule has 0 aliphatic heterocycles. The van der Waals surface area contributed by atoms with E-state index in [9.17, 15) is 13.2 Å². The number of anilines is 4. The predicted molar refractivity (Wildman–Crippen MR) is 128 cm³/mol. The number of para-hydroxylation sites is 1. The van der Waals surface area contributed by atoms with Gasteiger partial charge in [0.25, 0.3) is 0 Å². The molecule has 1 aromatic heterocycles. The third-order valence-corrected chi connectivity index (χ3v) is 5.76. The lowest BCUT2D eigenvalue weighted by Gasteiger charge is -2.17. The Morgan fingerprint density at radius 1 is 0.939 bits per heavy atom. The predicted octanol–water partition coefficient (Wildman–Crippen LogP) is 8.23. The Bertz CT molecular complexity index is 1030. The monoisotopic (exact) mass is 456 g/mol. The maximum atomic E-state index is 13.7. The molecule has 0 aliphatic rings. The van der Waals surface area contributed by atoms with E-state index in [-0.39, 0.29) is 11.8 Å². The van der Waals surface area contributed by atoms with Crippen LogP contribution in [0.15, 0.2) is 54.7 Å². The van der Waals surface area contributed by atoms with Gasteiger partial charge in [-0.2, -0.15) is 18.2 Å². The molecule has 0 saturated carbocycles. The van der Waals surface area contributed by atoms with E-state index >= 15 is 0 Å². The van der Waals surface area contributed by atoms with Crippen molar-refractivity contribution in [1.82, 2.24) is 9.97 Å². The topological polar surface area (TPSA) is 49.8 Å². The van der Waals surface area contributed by atoms with E-state index < -0.39 is 11.7 Å². The molecule has 0 fully saturated rings. The van der Waals surface area contributed by atoms with Crippen molar-refractivity contribution in [2.24, 2.45) is 0 Å². The average molecular weight is 457 g/mol. The van der Waals surface area contributed by atoms with Crippen LogP contribution >= 0.6 is 0 Å². The first kappa shape index (κ1) is 24.6. The number of alkyl halides is 3. The molecule has 3 aromatic rings. The quantitative estimate of drug-likeness (QED) is 0.302. The maximum Gasteiger partial charge on any atom is 0.421 e. The van der Waals surface area contributed by atoms with Crippen molar-refractivity contribution in [3.63, 3.8) is 0 Å². The summed E-state index contributed by atoms with van der Waals surface area (Å²) in [6.07, 6.45) is 1.19. The standard InChI is InChI=1S/C26H31F3N4/c1-4-6-7-10-20-11-8-9-12-23(20)32-24-22(26(27,28)29)17-30-25(33-24)31-21-15-13-19(14-16-21)18(3)5-2/h8-9,11-18H,4-7,10H2,1-3H3,(H2,30,31,32,33). The molecule has 1 unspecified atom stereocenters. The first-order valence-corrected chi connectivity index (χ1v) is 11.5. The van der Waals surface area contributed by atoms with Gasteiger partial charge in [-0.25, -0.2) is 4.98 Å². The Morgan fingerprint density at radius 3 is 2.33 bits per heavy atom. The minimum Gasteiger partial charge on any atom is -0.339 e. The molecule has 176 valence electrons. The number of benzene rings is 2. The van der Waals surface area contributed by atoms with E-state index in [2.05, 4.69) is 41.4 Å². The zero-order chi connectivity index (χ0) is 23.8. The number of halogens is 3. The highest BCUT2D eigenvalue weighted by Gasteiger charge is 2.35. The first-order valence-electron chi connectivity index (χ1n) is 11.5. The summed E-state index contributed by atoms with van der Waals surface area (Å²) in [4.78, 5) is 8.10. The normalized spacial score (nSPS) is 12.4. The lowest BCUT2D eigenvalue weighted by Crippen LogP contribution is -2.13. The second kappa shape index (κ2) is 11.2. The summed E-state index contributed by atoms with van der Waals surface area (Å²) in [5.74, 6) is 0.277. The summed E-state index contributed by atoms with van der Waals surface area (Å²) in [5, 5.41) is 5.94. The molecule has 7 heteroatoms. The average Bonchev–Trinajstić information content (AvgIpc) is 2.80. The molecule has 3 rings (SSSR count). The number of rotatable bonds is 10. The molecule has 0 saturated heterocycles. The largest absolute Gasteiger partial charge is 0.421 e. The van der Waals surface area contributed by atoms with Crippen LogP contribution in [0.5, 0.6) is 0 Å². The summed E-state index contributed by atoms with van der Waals surface area (Å²) >= 11 is 0. The Hall–Kier alpha value is -3.09. The minimum absolute atomic E-state index is 0.102. The van der Waals surface area contributed by atoms with Crippen LogP contribution in [0.3, 0.4) is 0 Å². The second-order valence-corrected chi connectivity index (χ2v) is 8.25. The number of aryl methyl sites for hydroxylation is 1. The Kier molecular flexibility index (Phi) is 8.31. The van der Waals surface area contributed by atoms with Crippen LogP contribution in [0.2, 0.25) is 0 Å². The van der Waals surface area contributed by atoms with Gasteiger partial charge >= 0.3 is 6.18 Å². The van der Waals surface area contributed by atoms with Gasteiger partial charge in [-0.3, -0.25) is 0 Å². The summed E-state index contributed by atoms with van der Waals surface area (Å²) in [6, 6.07) is 15.2. The van der Waals surface area contributed by atoms with Gasteiger partial charge in [0.2, 0.25) is 5.95 Å². The number of aromatic nitrogens is 2. The molecule has 33 heavy (non-hydrogen) atoms. The molecular formula is C26H31F3N4. The zero-order valence-corrected chi connectivity index (χ0v) is 19.3. The van der Waals surface area contributed by atoms with Crippen molar-refractivity contribution in [2.45, 2.75) is 65.0 Å². The highest BCUT2D eigenvalue weighted by molar-refractivity contribution is 5.65. The van der Waals surface area contributed by atoms with E-state index in [1.54, 1.807) is 12.1 Å². The van der Waals surface area contributed by atoms with Gasteiger partial charge < -0.3 is 10.6 Å². The molecule has 0 radical (unpaired) electrons. The molecule has 4 nitrogen and oxygen atoms in total. The third kappa shape index (κ3) is 6.70. The Balaban J connectivity index is 1.87. The van der Waals surface area contributed by atoms with Crippen LogP contribution in [-0.4, -0.2) is 9.97 Å². The van der Waals surface area contributed by atoms with Crippen LogP contribution < -0.4 is 10.6 Å². The molecule has 0 spiro atoms. The lowest BCUT2D eigenvalue weighted by atomic mass is 9.99. The SMILES string of the molecule is CCCCCc1ccccc1Nc1nc(Nc2ccc(C(C)CC)cc2)ncc1C(F)(F)F. The number of nitrogens with one attached hydrogen (secondary N) is 2. The van der Waals surface area contributed by atoms with Gasteiger partial charge in [0.15, 0.2) is 0 Å². The van der Waals surface area contributed by atoms with E-state index in [1.165, 1.54) is 5.56 Å². The highest BCUT2D eigenvalue weighted by atomic mass is 19.4. The van der Waals surface area contributed by atoms with E-state index in [1.807, 2.05) is 36.4 Å². The van der Waals surface area contributed by atoms with E-state index in [0.717, 1.165) is 43.9 Å². The van der Waals surface area contributed by atoms with E-state index in [4.69, 9.17) is 0 Å². The summed E-state index contributed by atoms with van der Waals surface area (Å²) < 4.78 is 41.0. The fraction of sp³-hybridized carbons (Fsp3) is 0.385. The minimum atomic E-state index is -4.57. The van der Waals surface area contributed by atoms with Gasteiger partial charge in [-0.05, 0) is 54.5 Å². The van der Waals surface area contributed by atoms with Gasteiger partial charge in [-0.1, -0.05) is 63.9 Å². The Labute approximate surface area is 193 Å². The number of nitrogens with zero attached hydrogens (tertiary/aromatic N) is 2. The summed E-state index contributed by atoms with van der Waals surface area (Å²) in [7, 11) is 0. The molecule has 1 heterocycles. The van der Waals surface area contributed by atoms with Gasteiger partial charge in [0, 0.05) is 17.6 Å². The van der Waals surface area contributed by atoms with Crippen LogP contribution in [0.25, 0.3) is 0 Å². The van der Waals surface area contributed by atoms with Crippen molar-refractivity contribution in [3.8, 4) is 0 Å². The lowest BCUT2D eigenvalue weighted by molar-refractivity contribution is -0.137. The third-order valence-electron chi connectivity index (χ3n) is 5.76. The molecule has 0 aliphatic carbocycles. The number of hydrogen-bond acceptors (Lipinski definition) is 4. The fourth-order valence-corrected chi connectivity index (χ4v) is 3.56. The van der Waals surface area contributed by atoms with Crippen molar-refractivity contribution in [3.05, 3.63) is 71.4 Å². The highest BCUT2D eigenvalue weighted by Crippen LogP contribution is 2.36. The molecule has 1 atom stereocenters. The van der Waals surface area contributed by atoms with Crippen molar-refractivity contribution in [1.29, 1.82) is 0 Å². The second-order valence-electron chi connectivity index (χ2n) is 8.25. The zero-order valence-electron chi connectivity index (χ0n) is 19.3. The number of unbranched alkanes of at least 4 members (excludes halogenated alkanes) is 2. The molecule has 0 bridgehead atoms. The molecule has 0 amide bonds. The molecule has 2 N–H and O–H groups in total. The van der Waals surface area contributed by atoms with Gasteiger partial charge in [0.1, 0.15) is 11.4 Å². The van der Waals surface area contributed by atoms with Crippen LogP contribution in [0.1, 0.15) is 69.1 Å². The maximum absolute atomic E-state index is 13.7. The van der Waals surface area contributed by atoms with Crippen molar-refractivity contribution < 1.29 is 13.2 Å². The van der Waals surface area contributed by atoms with Crippen LogP contribution in [-0.2, 0) is 12.6 Å².